The van der Waals surface area contributed by atoms with Crippen LogP contribution in [0.1, 0.15) is 42.7 Å². The van der Waals surface area contributed by atoms with Gasteiger partial charge in [-0.05, 0) is 35.9 Å². The highest BCUT2D eigenvalue weighted by Crippen LogP contribution is 2.31. The molecule has 2 aromatic rings. The number of benzene rings is 2. The van der Waals surface area contributed by atoms with E-state index in [9.17, 15) is 14.4 Å². The molecule has 0 saturated heterocycles. The molecule has 0 aliphatic carbocycles. The maximum atomic E-state index is 12.9. The average molecular weight is 418 g/mol. The second-order valence-corrected chi connectivity index (χ2v) is 6.82. The van der Waals surface area contributed by atoms with Crippen molar-refractivity contribution in [1.29, 1.82) is 0 Å². The minimum absolute atomic E-state index is 0.117. The lowest BCUT2D eigenvalue weighted by Gasteiger charge is -2.25. The van der Waals surface area contributed by atoms with Crippen molar-refractivity contribution in [1.82, 2.24) is 5.32 Å². The van der Waals surface area contributed by atoms with Crippen molar-refractivity contribution in [2.75, 3.05) is 0 Å². The molecular weight excluding hydrogens is 398 g/mol. The molecule has 26 heavy (non-hydrogen) atoms. The number of esters is 1. The van der Waals surface area contributed by atoms with Crippen molar-refractivity contribution >= 4 is 33.6 Å². The highest BCUT2D eigenvalue weighted by atomic mass is 79.9. The van der Waals surface area contributed by atoms with Crippen LogP contribution >= 0.6 is 15.9 Å². The Labute approximate surface area is 160 Å². The molecular formula is C20H20BrNO4. The molecule has 6 heteroatoms. The van der Waals surface area contributed by atoms with Crippen LogP contribution in [0, 0.1) is 5.92 Å². The lowest BCUT2D eigenvalue weighted by molar-refractivity contribution is -0.131. The zero-order valence-electron chi connectivity index (χ0n) is 14.8. The van der Waals surface area contributed by atoms with Crippen molar-refractivity contribution in [2.45, 2.75) is 26.8 Å². The largest absolute Gasteiger partial charge is 0.427 e. The van der Waals surface area contributed by atoms with Gasteiger partial charge in [-0.1, -0.05) is 41.1 Å². The maximum absolute atomic E-state index is 12.9. The minimum atomic E-state index is -0.489. The zero-order chi connectivity index (χ0) is 19.3. The van der Waals surface area contributed by atoms with Crippen LogP contribution in [0.2, 0.25) is 0 Å². The summed E-state index contributed by atoms with van der Waals surface area (Å²) in [6.07, 6.45) is 0. The van der Waals surface area contributed by atoms with Gasteiger partial charge < -0.3 is 10.1 Å². The van der Waals surface area contributed by atoms with E-state index in [1.807, 2.05) is 24.3 Å². The summed E-state index contributed by atoms with van der Waals surface area (Å²) in [6, 6.07) is 13.4. The highest BCUT2D eigenvalue weighted by Gasteiger charge is 2.28. The first-order valence-corrected chi connectivity index (χ1v) is 8.93. The van der Waals surface area contributed by atoms with Crippen molar-refractivity contribution in [3.63, 3.8) is 0 Å². The molecule has 0 saturated carbocycles. The predicted molar refractivity (Wildman–Crippen MR) is 102 cm³/mol. The fourth-order valence-corrected chi connectivity index (χ4v) is 3.22. The standard InChI is InChI=1S/C20H20BrNO4/c1-12(19(22-13(2)23)17-6-4-5-7-18(17)21)20(25)15-8-10-16(11-9-15)26-14(3)24/h4-12,19H,1-3H3,(H,22,23)/t12-,19+/m1/s1. The van der Waals surface area contributed by atoms with Crippen molar-refractivity contribution in [3.8, 4) is 5.75 Å². The van der Waals surface area contributed by atoms with Gasteiger partial charge in [0.1, 0.15) is 5.75 Å². The number of carbonyl (C=O) groups is 3. The van der Waals surface area contributed by atoms with Gasteiger partial charge in [0.2, 0.25) is 5.91 Å². The van der Waals surface area contributed by atoms with E-state index < -0.39 is 17.9 Å². The van der Waals surface area contributed by atoms with Gasteiger partial charge in [0, 0.05) is 29.8 Å². The summed E-state index contributed by atoms with van der Waals surface area (Å²) in [4.78, 5) is 35.6. The average Bonchev–Trinajstić information content (AvgIpc) is 2.59. The predicted octanol–water partition coefficient (Wildman–Crippen LogP) is 4.07. The third kappa shape index (κ3) is 5.02. The van der Waals surface area contributed by atoms with E-state index in [0.717, 1.165) is 10.0 Å². The number of rotatable bonds is 6. The number of ketones is 1. The van der Waals surface area contributed by atoms with Gasteiger partial charge in [0.05, 0.1) is 6.04 Å². The first kappa shape index (κ1) is 19.8. The first-order chi connectivity index (χ1) is 12.3. The van der Waals surface area contributed by atoms with Crippen molar-refractivity contribution in [3.05, 3.63) is 64.1 Å². The molecule has 2 rings (SSSR count). The van der Waals surface area contributed by atoms with E-state index >= 15 is 0 Å². The SMILES string of the molecule is CC(=O)N[C@H](c1ccccc1Br)[C@@H](C)C(=O)c1ccc(OC(C)=O)cc1. The topological polar surface area (TPSA) is 72.5 Å². The summed E-state index contributed by atoms with van der Waals surface area (Å²) < 4.78 is 5.80. The molecule has 136 valence electrons. The lowest BCUT2D eigenvalue weighted by Crippen LogP contribution is -2.34. The van der Waals surface area contributed by atoms with Crippen LogP contribution in [0.15, 0.2) is 53.0 Å². The van der Waals surface area contributed by atoms with Crippen LogP contribution < -0.4 is 10.1 Å². The smallest absolute Gasteiger partial charge is 0.308 e. The molecule has 0 aliphatic heterocycles. The van der Waals surface area contributed by atoms with Crippen LogP contribution in [0.25, 0.3) is 0 Å². The molecule has 0 aliphatic rings. The van der Waals surface area contributed by atoms with E-state index in [0.29, 0.717) is 11.3 Å². The number of halogens is 1. The summed E-state index contributed by atoms with van der Waals surface area (Å²) >= 11 is 3.48. The van der Waals surface area contributed by atoms with Crippen molar-refractivity contribution < 1.29 is 19.1 Å². The van der Waals surface area contributed by atoms with E-state index in [4.69, 9.17) is 4.74 Å². The van der Waals surface area contributed by atoms with E-state index in [1.165, 1.54) is 13.8 Å². The van der Waals surface area contributed by atoms with Gasteiger partial charge in [0.15, 0.2) is 5.78 Å². The summed E-state index contributed by atoms with van der Waals surface area (Å²) in [5.41, 5.74) is 1.32. The molecule has 0 fully saturated rings. The fraction of sp³-hybridized carbons (Fsp3) is 0.250. The van der Waals surface area contributed by atoms with Crippen molar-refractivity contribution in [2.24, 2.45) is 5.92 Å². The molecule has 0 aromatic heterocycles. The van der Waals surface area contributed by atoms with E-state index in [-0.39, 0.29) is 11.7 Å². The lowest BCUT2D eigenvalue weighted by atomic mass is 9.88. The Hall–Kier alpha value is -2.47. The van der Waals surface area contributed by atoms with Gasteiger partial charge >= 0.3 is 5.97 Å². The Morgan fingerprint density at radius 3 is 2.15 bits per heavy atom. The van der Waals surface area contributed by atoms with Crippen LogP contribution in [0.5, 0.6) is 5.75 Å². The summed E-state index contributed by atoms with van der Waals surface area (Å²) in [5.74, 6) is -0.857. The quantitative estimate of drug-likeness (QED) is 0.436. The molecule has 0 unspecified atom stereocenters. The van der Waals surface area contributed by atoms with Gasteiger partial charge in [-0.3, -0.25) is 14.4 Å². The number of ether oxygens (including phenoxy) is 1. The molecule has 0 spiro atoms. The van der Waals surface area contributed by atoms with Gasteiger partial charge in [-0.15, -0.1) is 0 Å². The monoisotopic (exact) mass is 417 g/mol. The van der Waals surface area contributed by atoms with Crippen LogP contribution in [0.3, 0.4) is 0 Å². The Balaban J connectivity index is 2.28. The van der Waals surface area contributed by atoms with Crippen LogP contribution in [-0.4, -0.2) is 17.7 Å². The van der Waals surface area contributed by atoms with Crippen LogP contribution in [0.4, 0.5) is 0 Å². The number of amides is 1. The summed E-state index contributed by atoms with van der Waals surface area (Å²) in [6.45, 7) is 4.52. The number of nitrogens with one attached hydrogen (secondary N) is 1. The number of hydrogen-bond acceptors (Lipinski definition) is 4. The number of carbonyl (C=O) groups excluding carboxylic acids is 3. The third-order valence-corrected chi connectivity index (χ3v) is 4.64. The van der Waals surface area contributed by atoms with E-state index in [1.54, 1.807) is 31.2 Å². The number of Topliss-reactive ketones (excluding diaryl/α,β-unsaturated/α-hetero) is 1. The number of hydrogen-bond donors (Lipinski definition) is 1. The third-order valence-electron chi connectivity index (χ3n) is 3.91. The Kier molecular flexibility index (Phi) is 6.69. The van der Waals surface area contributed by atoms with Gasteiger partial charge in [-0.25, -0.2) is 0 Å². The molecule has 1 amide bonds. The normalized spacial score (nSPS) is 12.8. The molecule has 5 nitrogen and oxygen atoms in total. The molecule has 2 aromatic carbocycles. The van der Waals surface area contributed by atoms with Gasteiger partial charge in [0.25, 0.3) is 0 Å². The molecule has 0 heterocycles. The molecule has 0 bridgehead atoms. The Bertz CT molecular complexity index is 817. The molecule has 0 radical (unpaired) electrons. The van der Waals surface area contributed by atoms with Crippen LogP contribution in [-0.2, 0) is 9.59 Å². The summed E-state index contributed by atoms with van der Waals surface area (Å²) in [7, 11) is 0. The van der Waals surface area contributed by atoms with Gasteiger partial charge in [-0.2, -0.15) is 0 Å². The first-order valence-electron chi connectivity index (χ1n) is 8.14. The second kappa shape index (κ2) is 8.76. The second-order valence-electron chi connectivity index (χ2n) is 5.97. The highest BCUT2D eigenvalue weighted by molar-refractivity contribution is 9.10. The minimum Gasteiger partial charge on any atom is -0.427 e. The molecule has 2 atom stereocenters. The zero-order valence-corrected chi connectivity index (χ0v) is 16.4. The maximum Gasteiger partial charge on any atom is 0.308 e. The fourth-order valence-electron chi connectivity index (χ4n) is 2.69. The Morgan fingerprint density at radius 1 is 1.00 bits per heavy atom. The Morgan fingerprint density at radius 2 is 1.62 bits per heavy atom. The summed E-state index contributed by atoms with van der Waals surface area (Å²) in [5, 5.41) is 2.87. The van der Waals surface area contributed by atoms with E-state index in [2.05, 4.69) is 21.2 Å². The molecule has 1 N–H and O–H groups in total.